The van der Waals surface area contributed by atoms with Crippen LogP contribution in [0.4, 0.5) is 0 Å². The van der Waals surface area contributed by atoms with Crippen molar-refractivity contribution in [2.75, 3.05) is 152 Å². The molecule has 0 radical (unpaired) electrons. The van der Waals surface area contributed by atoms with Gasteiger partial charge < -0.3 is 146 Å². The maximum Gasteiger partial charge on any atom is 0.698 e. The number of aliphatic hydroxyl groups is 9. The Morgan fingerprint density at radius 1 is 0.472 bits per heavy atom. The first-order chi connectivity index (χ1) is 60.3. The van der Waals surface area contributed by atoms with Crippen molar-refractivity contribution in [2.24, 2.45) is 21.9 Å². The standard InChI is InChI=1S/C82H144N11O31P/c1-5-38-120-125(111)121-42-25-14-9-7-6-8-10-18-26-61(92-83)49-84-56-116-48-47-112-46-32-68(103)93-36-27-60(28-37-93)78(110)91-82(53-113-43-29-65(100)85-33-19-11-15-22-39-117-79-69(88-57(2)97)75(107)72(104)62(50-94)122-79,54-114-44-30-66(101)86-34-20-12-16-23-40-118-80-70(89-58(3)98)76(108)73(105)63(51-95)123-80)55-115-45-31-67(102)87-35-21-13-17-24-41-119-81-71(90-59(4)99)77(109)74(106)64(52-96)124-81/h1,49,60,62-64,69-77,79-81,94-96,104-109H,6-48,50-56H2,2-4H3,(H8-,83,84,85,86,87,88,89,90,91,97,98,99,100,101,102,110)/p+1. The number of aliphatic imine (C=N–C) groups is 1. The molecule has 0 aromatic rings. The zero-order valence-electron chi connectivity index (χ0n) is 73.1. The smallest absolute Gasteiger partial charge is 0.394 e. The Labute approximate surface area is 734 Å². The van der Waals surface area contributed by atoms with E-state index in [-0.39, 0.29) is 155 Å². The third kappa shape index (κ3) is 46.7. The molecule has 0 aromatic heterocycles. The second-order valence-corrected chi connectivity index (χ2v) is 32.4. The molecule has 4 saturated heterocycles. The van der Waals surface area contributed by atoms with Crippen LogP contribution < -0.4 is 43.1 Å². The van der Waals surface area contributed by atoms with Crippen molar-refractivity contribution in [1.82, 2.24) is 42.1 Å². The quantitative estimate of drug-likeness (QED) is 0.00850. The van der Waals surface area contributed by atoms with E-state index < -0.39 is 155 Å². The van der Waals surface area contributed by atoms with E-state index in [2.05, 4.69) is 53.2 Å². The highest BCUT2D eigenvalue weighted by Crippen LogP contribution is 2.28. The number of ether oxygens (including phenoxy) is 11. The van der Waals surface area contributed by atoms with Gasteiger partial charge >= 0.3 is 8.25 Å². The van der Waals surface area contributed by atoms with Crippen molar-refractivity contribution in [2.45, 2.75) is 292 Å². The lowest BCUT2D eigenvalue weighted by Crippen LogP contribution is -2.64. The zero-order chi connectivity index (χ0) is 91.4. The van der Waals surface area contributed by atoms with Gasteiger partial charge in [0.2, 0.25) is 47.3 Å². The molecule has 0 saturated carbocycles. The van der Waals surface area contributed by atoms with E-state index in [9.17, 15) is 88.9 Å². The van der Waals surface area contributed by atoms with Crippen LogP contribution in [0.15, 0.2) is 10.1 Å². The Hall–Kier alpha value is -6.32. The number of carbonyl (C=O) groups is 8. The molecule has 0 aliphatic carbocycles. The van der Waals surface area contributed by atoms with Crippen molar-refractivity contribution >= 4 is 67.4 Å². The number of hydrogen-bond donors (Lipinski definition) is 17. The van der Waals surface area contributed by atoms with Crippen LogP contribution in [0.5, 0.6) is 0 Å². The fraction of sp³-hybridized carbons (Fsp3) is 0.854. The van der Waals surface area contributed by atoms with Crippen molar-refractivity contribution in [3.63, 3.8) is 0 Å². The first-order valence-electron chi connectivity index (χ1n) is 44.1. The SMILES string of the molecule is C#CCO[P+](=O)OCCCCCCCCCCC(C=NCOCCOCCC(=O)N1CCC(C(=O)NC(COCCC(=O)NCCCCCCOC2OC(CO)C(O)C(O)C2NC(C)=O)(COCCC(=O)NCCCCCCOC2OC(CO)C(O)C(O)C2NC(C)=O)COCCC(=O)NCCCCCCOC2OC(CO)C(O)C(O)C2NC(C)=O)CC1)=NN. The number of aliphatic hydroxyl groups excluding tert-OH is 9. The van der Waals surface area contributed by atoms with Crippen molar-refractivity contribution in [3.05, 3.63) is 0 Å². The summed E-state index contributed by atoms with van der Waals surface area (Å²) in [6, 6.07) is -3.21. The molecule has 125 heavy (non-hydrogen) atoms. The molecule has 4 rings (SSSR count). The van der Waals surface area contributed by atoms with Crippen LogP contribution in [-0.2, 0) is 104 Å². The van der Waals surface area contributed by atoms with Crippen LogP contribution in [0.2, 0.25) is 0 Å². The van der Waals surface area contributed by atoms with Gasteiger partial charge in [0.1, 0.15) is 91.9 Å². The molecule has 0 bridgehead atoms. The van der Waals surface area contributed by atoms with Gasteiger partial charge in [-0.3, -0.25) is 43.3 Å². The largest absolute Gasteiger partial charge is 0.698 e. The number of likely N-dealkylation sites (tertiary alicyclic amines) is 1. The highest BCUT2D eigenvalue weighted by atomic mass is 31.1. The Balaban J connectivity index is 1.32. The molecule has 4 fully saturated rings. The molecule has 0 aromatic carbocycles. The molecule has 4 aliphatic heterocycles. The first-order valence-corrected chi connectivity index (χ1v) is 45.2. The fourth-order valence-corrected chi connectivity index (χ4v) is 14.6. The minimum absolute atomic E-state index is 0.0457. The van der Waals surface area contributed by atoms with E-state index in [1.165, 1.54) is 20.8 Å². The first kappa shape index (κ1) is 111. The van der Waals surface area contributed by atoms with Crippen molar-refractivity contribution in [1.29, 1.82) is 0 Å². The monoisotopic (exact) mass is 1810 g/mol. The fourth-order valence-electron chi connectivity index (χ4n) is 14.1. The number of piperidine rings is 1. The molecule has 718 valence electrons. The van der Waals surface area contributed by atoms with E-state index in [1.54, 1.807) is 11.1 Å². The molecule has 42 nitrogen and oxygen atoms in total. The zero-order valence-corrected chi connectivity index (χ0v) is 74.0. The van der Waals surface area contributed by atoms with Gasteiger partial charge in [0.15, 0.2) is 25.5 Å². The Kier molecular flexibility index (Phi) is 59.5. The summed E-state index contributed by atoms with van der Waals surface area (Å²) in [6.07, 6.45) is 7.96. The number of terminal acetylenes is 1. The summed E-state index contributed by atoms with van der Waals surface area (Å²) in [5.74, 6) is 4.34. The molecule has 8 amide bonds. The van der Waals surface area contributed by atoms with Crippen LogP contribution in [0.3, 0.4) is 0 Å². The summed E-state index contributed by atoms with van der Waals surface area (Å²) >= 11 is 0. The summed E-state index contributed by atoms with van der Waals surface area (Å²) in [6.45, 7) is 3.90. The predicted octanol–water partition coefficient (Wildman–Crippen LogP) is -1.19. The van der Waals surface area contributed by atoms with Gasteiger partial charge in [0, 0.05) is 109 Å². The molecule has 43 heteroatoms. The van der Waals surface area contributed by atoms with Crippen molar-refractivity contribution < 1.29 is 150 Å². The number of unbranched alkanes of at least 4 members (excludes halogenated alkanes) is 16. The lowest BCUT2D eigenvalue weighted by molar-refractivity contribution is -0.270. The third-order valence-electron chi connectivity index (χ3n) is 21.1. The van der Waals surface area contributed by atoms with Crippen LogP contribution in [0.1, 0.15) is 194 Å². The number of nitrogens with one attached hydrogen (secondary N) is 7. The summed E-state index contributed by atoms with van der Waals surface area (Å²) < 4.78 is 85.7. The average molecular weight is 1810 g/mol. The molecule has 0 spiro atoms. The minimum Gasteiger partial charge on any atom is -0.394 e. The molecular weight excluding hydrogens is 1670 g/mol. The van der Waals surface area contributed by atoms with Gasteiger partial charge in [-0.1, -0.05) is 83.0 Å². The summed E-state index contributed by atoms with van der Waals surface area (Å²) in [7, 11) is -2.17. The summed E-state index contributed by atoms with van der Waals surface area (Å²) in [4.78, 5) is 109. The highest BCUT2D eigenvalue weighted by Gasteiger charge is 2.48. The normalized spacial score (nSPS) is 24.2. The third-order valence-corrected chi connectivity index (χ3v) is 21.9. The lowest BCUT2D eigenvalue weighted by Gasteiger charge is -2.42. The predicted molar refractivity (Wildman–Crippen MR) is 451 cm³/mol. The van der Waals surface area contributed by atoms with Gasteiger partial charge in [-0.2, -0.15) is 5.10 Å². The number of hydrazone groups is 1. The Bertz CT molecular complexity index is 2940. The van der Waals surface area contributed by atoms with Gasteiger partial charge in [0.25, 0.3) is 0 Å². The number of hydrogen-bond acceptors (Lipinski definition) is 34. The molecule has 16 unspecified atom stereocenters. The molecule has 4 aliphatic rings. The van der Waals surface area contributed by atoms with E-state index in [4.69, 9.17) is 73.4 Å². The Morgan fingerprint density at radius 2 is 0.840 bits per heavy atom. The van der Waals surface area contributed by atoms with Crippen LogP contribution in [0, 0.1) is 18.3 Å². The highest BCUT2D eigenvalue weighted by molar-refractivity contribution is 7.33. The van der Waals surface area contributed by atoms with E-state index in [1.807, 2.05) is 0 Å². The molecule has 4 heterocycles. The second kappa shape index (κ2) is 67.0. The van der Waals surface area contributed by atoms with Gasteiger partial charge in [0.05, 0.1) is 91.4 Å². The van der Waals surface area contributed by atoms with Crippen LogP contribution in [-0.4, -0.2) is 359 Å². The number of nitrogens with zero attached hydrogens (tertiary/aromatic N) is 3. The van der Waals surface area contributed by atoms with Gasteiger partial charge in [-0.05, 0) is 70.6 Å². The molecular formula is C82H145N11O31P+. The maximum atomic E-state index is 14.6. The lowest BCUT2D eigenvalue weighted by atomic mass is 9.93. The number of rotatable bonds is 70. The van der Waals surface area contributed by atoms with E-state index in [0.29, 0.717) is 128 Å². The summed E-state index contributed by atoms with van der Waals surface area (Å²) in [5.41, 5.74) is -0.810. The second-order valence-electron chi connectivity index (χ2n) is 31.5. The Morgan fingerprint density at radius 3 is 1.22 bits per heavy atom. The van der Waals surface area contributed by atoms with Gasteiger partial charge in [-0.15, -0.1) is 15.5 Å². The van der Waals surface area contributed by atoms with Crippen LogP contribution >= 0.6 is 8.25 Å². The number of carbonyl (C=O) groups excluding carboxylic acids is 8. The van der Waals surface area contributed by atoms with Crippen LogP contribution in [0.25, 0.3) is 0 Å². The minimum atomic E-state index is -2.17. The molecule has 16 atom stereocenters. The van der Waals surface area contributed by atoms with E-state index in [0.717, 1.165) is 51.4 Å². The number of amides is 8. The number of nitrogens with two attached hydrogens (primary N) is 1. The molecule has 18 N–H and O–H groups in total. The topological polar surface area (TPSA) is 594 Å². The maximum absolute atomic E-state index is 14.6. The average Bonchev–Trinajstić information content (AvgIpc) is 0.834. The summed E-state index contributed by atoms with van der Waals surface area (Å²) in [5, 5.41) is 115. The van der Waals surface area contributed by atoms with Crippen molar-refractivity contribution in [3.8, 4) is 12.3 Å². The van der Waals surface area contributed by atoms with Gasteiger partial charge in [-0.25, -0.2) is 0 Å². The van der Waals surface area contributed by atoms with E-state index >= 15 is 0 Å².